The van der Waals surface area contributed by atoms with Crippen molar-refractivity contribution < 1.29 is 0 Å². The molecule has 1 aromatic heterocycles. The van der Waals surface area contributed by atoms with Crippen LogP contribution in [-0.2, 0) is 0 Å². The molecule has 17 heavy (non-hydrogen) atoms. The molecule has 0 aliphatic heterocycles. The Labute approximate surface area is 103 Å². The molecule has 0 saturated heterocycles. The third-order valence-electron chi connectivity index (χ3n) is 2.50. The van der Waals surface area contributed by atoms with Gasteiger partial charge in [-0.3, -0.25) is 4.98 Å². The average molecular weight is 238 g/mol. The summed E-state index contributed by atoms with van der Waals surface area (Å²) in [5.41, 5.74) is 2.47. The van der Waals surface area contributed by atoms with Crippen molar-refractivity contribution in [1.29, 1.82) is 0 Å². The standard InChI is InChI=1S/C11H22N6/c1-3-6-17(4-2)7-5-14-10-8-13-9-11(15-10)16-12/h8-9H,3-7,12H2,1-2H3,(H2,14,15,16). The highest BCUT2D eigenvalue weighted by Crippen LogP contribution is 2.04. The summed E-state index contributed by atoms with van der Waals surface area (Å²) < 4.78 is 0. The molecule has 96 valence electrons. The number of nitrogens with one attached hydrogen (secondary N) is 2. The van der Waals surface area contributed by atoms with E-state index in [1.54, 1.807) is 12.4 Å². The Bertz CT molecular complexity index is 317. The lowest BCUT2D eigenvalue weighted by atomic mass is 10.4. The summed E-state index contributed by atoms with van der Waals surface area (Å²) in [6.07, 6.45) is 4.46. The zero-order valence-electron chi connectivity index (χ0n) is 10.6. The van der Waals surface area contributed by atoms with Gasteiger partial charge in [0.05, 0.1) is 12.4 Å². The summed E-state index contributed by atoms with van der Waals surface area (Å²) in [4.78, 5) is 10.7. The first-order valence-electron chi connectivity index (χ1n) is 6.05. The third kappa shape index (κ3) is 4.97. The average Bonchev–Trinajstić information content (AvgIpc) is 2.38. The van der Waals surface area contributed by atoms with Gasteiger partial charge in [0.25, 0.3) is 0 Å². The number of hydrazine groups is 1. The fraction of sp³-hybridized carbons (Fsp3) is 0.636. The van der Waals surface area contributed by atoms with Crippen LogP contribution in [0, 0.1) is 0 Å². The van der Waals surface area contributed by atoms with Crippen molar-refractivity contribution in [2.75, 3.05) is 36.9 Å². The fourth-order valence-electron chi connectivity index (χ4n) is 1.61. The molecule has 0 radical (unpaired) electrons. The highest BCUT2D eigenvalue weighted by atomic mass is 15.3. The number of aromatic nitrogens is 2. The summed E-state index contributed by atoms with van der Waals surface area (Å²) in [5, 5.41) is 3.23. The predicted octanol–water partition coefficient (Wildman–Crippen LogP) is 0.906. The van der Waals surface area contributed by atoms with Gasteiger partial charge in [0, 0.05) is 13.1 Å². The zero-order valence-corrected chi connectivity index (χ0v) is 10.6. The largest absolute Gasteiger partial charge is 0.367 e. The molecule has 0 saturated carbocycles. The van der Waals surface area contributed by atoms with Crippen LogP contribution in [0.15, 0.2) is 12.4 Å². The second-order valence-electron chi connectivity index (χ2n) is 3.79. The molecule has 1 rings (SSSR count). The number of nitrogen functional groups attached to an aromatic ring is 1. The minimum atomic E-state index is 0.566. The first-order chi connectivity index (χ1) is 8.30. The molecule has 6 heteroatoms. The number of rotatable bonds is 8. The van der Waals surface area contributed by atoms with Crippen LogP contribution in [0.5, 0.6) is 0 Å². The monoisotopic (exact) mass is 238 g/mol. The van der Waals surface area contributed by atoms with E-state index in [0.717, 1.165) is 32.0 Å². The molecule has 0 fully saturated rings. The minimum absolute atomic E-state index is 0.566. The minimum Gasteiger partial charge on any atom is -0.367 e. The molecular weight excluding hydrogens is 216 g/mol. The SMILES string of the molecule is CCCN(CC)CCNc1cncc(NN)n1. The van der Waals surface area contributed by atoms with Gasteiger partial charge in [-0.1, -0.05) is 13.8 Å². The van der Waals surface area contributed by atoms with Crippen LogP contribution in [0.4, 0.5) is 11.6 Å². The lowest BCUT2D eigenvalue weighted by Gasteiger charge is -2.19. The van der Waals surface area contributed by atoms with Crippen LogP contribution in [0.1, 0.15) is 20.3 Å². The van der Waals surface area contributed by atoms with Crippen LogP contribution >= 0.6 is 0 Å². The van der Waals surface area contributed by atoms with Crippen LogP contribution in [0.25, 0.3) is 0 Å². The Kier molecular flexibility index (Phi) is 6.27. The summed E-state index contributed by atoms with van der Waals surface area (Å²) >= 11 is 0. The van der Waals surface area contributed by atoms with Crippen LogP contribution < -0.4 is 16.6 Å². The number of anilines is 2. The van der Waals surface area contributed by atoms with Crippen LogP contribution in [0.2, 0.25) is 0 Å². The molecule has 0 amide bonds. The van der Waals surface area contributed by atoms with E-state index in [-0.39, 0.29) is 0 Å². The Balaban J connectivity index is 2.34. The molecule has 0 aliphatic rings. The molecule has 0 bridgehead atoms. The summed E-state index contributed by atoms with van der Waals surface area (Å²) in [5.74, 6) is 6.58. The Morgan fingerprint density at radius 2 is 2.00 bits per heavy atom. The summed E-state index contributed by atoms with van der Waals surface area (Å²) in [7, 11) is 0. The van der Waals surface area contributed by atoms with E-state index in [0.29, 0.717) is 5.82 Å². The second kappa shape index (κ2) is 7.81. The topological polar surface area (TPSA) is 79.1 Å². The van der Waals surface area contributed by atoms with E-state index in [1.807, 2.05) is 0 Å². The van der Waals surface area contributed by atoms with Crippen molar-refractivity contribution in [2.45, 2.75) is 20.3 Å². The maximum absolute atomic E-state index is 5.27. The highest BCUT2D eigenvalue weighted by Gasteiger charge is 2.01. The summed E-state index contributed by atoms with van der Waals surface area (Å²) in [6.45, 7) is 8.44. The maximum atomic E-state index is 5.27. The lowest BCUT2D eigenvalue weighted by molar-refractivity contribution is 0.300. The zero-order chi connectivity index (χ0) is 12.5. The van der Waals surface area contributed by atoms with Gasteiger partial charge in [0.1, 0.15) is 5.82 Å². The van der Waals surface area contributed by atoms with Crippen LogP contribution in [0.3, 0.4) is 0 Å². The smallest absolute Gasteiger partial charge is 0.160 e. The van der Waals surface area contributed by atoms with Crippen molar-refractivity contribution in [3.05, 3.63) is 12.4 Å². The van der Waals surface area contributed by atoms with Gasteiger partial charge >= 0.3 is 0 Å². The Hall–Kier alpha value is -1.40. The lowest BCUT2D eigenvalue weighted by Crippen LogP contribution is -2.29. The van der Waals surface area contributed by atoms with Gasteiger partial charge in [0.15, 0.2) is 5.82 Å². The molecule has 1 aromatic rings. The van der Waals surface area contributed by atoms with E-state index in [9.17, 15) is 0 Å². The van der Waals surface area contributed by atoms with Gasteiger partial charge in [-0.15, -0.1) is 0 Å². The maximum Gasteiger partial charge on any atom is 0.160 e. The molecule has 0 aromatic carbocycles. The molecule has 4 N–H and O–H groups in total. The van der Waals surface area contributed by atoms with Crippen molar-refractivity contribution in [3.8, 4) is 0 Å². The van der Waals surface area contributed by atoms with Gasteiger partial charge in [-0.05, 0) is 19.5 Å². The first kappa shape index (κ1) is 13.7. The molecule has 0 atom stereocenters. The highest BCUT2D eigenvalue weighted by molar-refractivity contribution is 5.40. The van der Waals surface area contributed by atoms with E-state index in [1.165, 1.54) is 6.42 Å². The molecule has 0 unspecified atom stereocenters. The number of likely N-dealkylation sites (N-methyl/N-ethyl adjacent to an activating group) is 1. The van der Waals surface area contributed by atoms with Gasteiger partial charge in [-0.25, -0.2) is 10.8 Å². The van der Waals surface area contributed by atoms with Crippen molar-refractivity contribution in [2.24, 2.45) is 5.84 Å². The molecular formula is C11H22N6. The fourth-order valence-corrected chi connectivity index (χ4v) is 1.61. The first-order valence-corrected chi connectivity index (χ1v) is 6.05. The van der Waals surface area contributed by atoms with Gasteiger partial charge in [-0.2, -0.15) is 0 Å². The predicted molar refractivity (Wildman–Crippen MR) is 70.7 cm³/mol. The molecule has 0 aliphatic carbocycles. The number of hydrogen-bond donors (Lipinski definition) is 3. The van der Waals surface area contributed by atoms with Crippen LogP contribution in [-0.4, -0.2) is 41.0 Å². The number of nitrogens with two attached hydrogens (primary N) is 1. The number of nitrogens with zero attached hydrogens (tertiary/aromatic N) is 3. The molecule has 6 nitrogen and oxygen atoms in total. The van der Waals surface area contributed by atoms with E-state index < -0.39 is 0 Å². The Morgan fingerprint density at radius 3 is 2.65 bits per heavy atom. The van der Waals surface area contributed by atoms with E-state index in [2.05, 4.69) is 39.5 Å². The summed E-state index contributed by atoms with van der Waals surface area (Å²) in [6, 6.07) is 0. The van der Waals surface area contributed by atoms with Gasteiger partial charge < -0.3 is 15.6 Å². The van der Waals surface area contributed by atoms with E-state index >= 15 is 0 Å². The van der Waals surface area contributed by atoms with Crippen molar-refractivity contribution in [3.63, 3.8) is 0 Å². The van der Waals surface area contributed by atoms with E-state index in [4.69, 9.17) is 5.84 Å². The Morgan fingerprint density at radius 1 is 1.24 bits per heavy atom. The van der Waals surface area contributed by atoms with Gasteiger partial charge in [0.2, 0.25) is 0 Å². The number of hydrogen-bond acceptors (Lipinski definition) is 6. The second-order valence-corrected chi connectivity index (χ2v) is 3.79. The van der Waals surface area contributed by atoms with Crippen molar-refractivity contribution >= 4 is 11.6 Å². The normalized spacial score (nSPS) is 10.6. The molecule has 0 spiro atoms. The third-order valence-corrected chi connectivity index (χ3v) is 2.50. The molecule has 1 heterocycles. The van der Waals surface area contributed by atoms with Crippen molar-refractivity contribution in [1.82, 2.24) is 14.9 Å². The quantitative estimate of drug-likeness (QED) is 0.461.